The minimum atomic E-state index is -0.185. The highest BCUT2D eigenvalue weighted by Gasteiger charge is 2.12. The third kappa shape index (κ3) is 2.13. The van der Waals surface area contributed by atoms with Gasteiger partial charge in [-0.1, -0.05) is 23.7 Å². The zero-order valence-corrected chi connectivity index (χ0v) is 10.1. The molecule has 3 heteroatoms. The Labute approximate surface area is 100 Å². The smallest absolute Gasteiger partial charge is 0.101 e. The van der Waals surface area contributed by atoms with E-state index in [0.717, 1.165) is 27.5 Å². The van der Waals surface area contributed by atoms with Crippen LogP contribution in [0, 0.1) is 13.8 Å². The molecule has 84 valence electrons. The first-order valence-electron chi connectivity index (χ1n) is 5.14. The number of hydrogen-bond acceptors (Lipinski definition) is 2. The van der Waals surface area contributed by atoms with Crippen molar-refractivity contribution in [2.45, 2.75) is 19.9 Å². The van der Waals surface area contributed by atoms with Gasteiger partial charge < -0.3 is 10.2 Å². The van der Waals surface area contributed by atoms with Gasteiger partial charge in [-0.3, -0.25) is 0 Å². The standard InChI is InChI=1S/C13H14ClNO/c1-8-3-4-10(6-12(8)14)13(15)11-5-9(2)16-7-11/h3-7,13H,15H2,1-2H3. The van der Waals surface area contributed by atoms with Gasteiger partial charge in [-0.15, -0.1) is 0 Å². The molecule has 0 aliphatic carbocycles. The van der Waals surface area contributed by atoms with E-state index in [1.165, 1.54) is 0 Å². The number of furan rings is 1. The molecular formula is C13H14ClNO. The first-order valence-corrected chi connectivity index (χ1v) is 5.52. The largest absolute Gasteiger partial charge is 0.469 e. The van der Waals surface area contributed by atoms with Gasteiger partial charge >= 0.3 is 0 Å². The van der Waals surface area contributed by atoms with Crippen molar-refractivity contribution >= 4 is 11.6 Å². The van der Waals surface area contributed by atoms with Gasteiger partial charge in [0.2, 0.25) is 0 Å². The zero-order valence-electron chi connectivity index (χ0n) is 9.33. The molecule has 1 unspecified atom stereocenters. The molecule has 2 aromatic rings. The predicted molar refractivity (Wildman–Crippen MR) is 65.7 cm³/mol. The van der Waals surface area contributed by atoms with Crippen molar-refractivity contribution in [2.75, 3.05) is 0 Å². The maximum atomic E-state index is 6.13. The van der Waals surface area contributed by atoms with Gasteiger partial charge in [-0.25, -0.2) is 0 Å². The molecule has 2 rings (SSSR count). The normalized spacial score (nSPS) is 12.8. The van der Waals surface area contributed by atoms with Crippen LogP contribution in [0.5, 0.6) is 0 Å². The van der Waals surface area contributed by atoms with Crippen LogP contribution in [-0.4, -0.2) is 0 Å². The summed E-state index contributed by atoms with van der Waals surface area (Å²) in [7, 11) is 0. The van der Waals surface area contributed by atoms with Crippen LogP contribution >= 0.6 is 11.6 Å². The molecule has 0 saturated heterocycles. The second-order valence-electron chi connectivity index (χ2n) is 3.98. The van der Waals surface area contributed by atoms with Crippen LogP contribution in [0.25, 0.3) is 0 Å². The molecule has 0 bridgehead atoms. The fourth-order valence-electron chi connectivity index (χ4n) is 1.62. The second kappa shape index (κ2) is 4.32. The maximum absolute atomic E-state index is 6.13. The summed E-state index contributed by atoms with van der Waals surface area (Å²) in [5, 5.41) is 0.744. The van der Waals surface area contributed by atoms with Gasteiger partial charge in [0, 0.05) is 10.6 Å². The molecule has 1 heterocycles. The summed E-state index contributed by atoms with van der Waals surface area (Å²) in [6, 6.07) is 7.64. The summed E-state index contributed by atoms with van der Waals surface area (Å²) in [4.78, 5) is 0. The number of benzene rings is 1. The van der Waals surface area contributed by atoms with Crippen molar-refractivity contribution in [3.8, 4) is 0 Å². The van der Waals surface area contributed by atoms with E-state index in [1.54, 1.807) is 6.26 Å². The Balaban J connectivity index is 2.33. The van der Waals surface area contributed by atoms with Crippen LogP contribution in [0.4, 0.5) is 0 Å². The topological polar surface area (TPSA) is 39.2 Å². The van der Waals surface area contributed by atoms with Crippen molar-refractivity contribution in [1.82, 2.24) is 0 Å². The molecule has 1 aromatic heterocycles. The molecular weight excluding hydrogens is 222 g/mol. The Bertz CT molecular complexity index is 504. The van der Waals surface area contributed by atoms with Crippen molar-refractivity contribution in [1.29, 1.82) is 0 Å². The minimum absolute atomic E-state index is 0.185. The van der Waals surface area contributed by atoms with Crippen LogP contribution < -0.4 is 5.73 Å². The number of nitrogens with two attached hydrogens (primary N) is 1. The van der Waals surface area contributed by atoms with Crippen molar-refractivity contribution in [2.24, 2.45) is 5.73 Å². The SMILES string of the molecule is Cc1cc(C(N)c2ccc(C)c(Cl)c2)co1. The summed E-state index contributed by atoms with van der Waals surface area (Å²) in [6.07, 6.45) is 1.69. The van der Waals surface area contributed by atoms with E-state index in [9.17, 15) is 0 Å². The van der Waals surface area contributed by atoms with Crippen LogP contribution in [0.2, 0.25) is 5.02 Å². The second-order valence-corrected chi connectivity index (χ2v) is 4.38. The highest BCUT2D eigenvalue weighted by molar-refractivity contribution is 6.31. The van der Waals surface area contributed by atoms with Gasteiger partial charge in [0.1, 0.15) is 5.76 Å². The van der Waals surface area contributed by atoms with Crippen LogP contribution in [0.15, 0.2) is 34.9 Å². The van der Waals surface area contributed by atoms with Crippen molar-refractivity contribution in [3.63, 3.8) is 0 Å². The predicted octanol–water partition coefficient (Wildman–Crippen LogP) is 3.60. The third-order valence-corrected chi connectivity index (χ3v) is 3.07. The summed E-state index contributed by atoms with van der Waals surface area (Å²) in [6.45, 7) is 3.87. The van der Waals surface area contributed by atoms with E-state index < -0.39 is 0 Å². The highest BCUT2D eigenvalue weighted by atomic mass is 35.5. The fraction of sp³-hybridized carbons (Fsp3) is 0.231. The average Bonchev–Trinajstić information content (AvgIpc) is 2.68. The number of rotatable bonds is 2. The summed E-state index contributed by atoms with van der Waals surface area (Å²) < 4.78 is 5.25. The molecule has 2 nitrogen and oxygen atoms in total. The van der Waals surface area contributed by atoms with Crippen molar-refractivity contribution in [3.05, 3.63) is 58.0 Å². The first-order chi connectivity index (χ1) is 7.58. The molecule has 0 aliphatic heterocycles. The molecule has 0 spiro atoms. The average molecular weight is 236 g/mol. The lowest BCUT2D eigenvalue weighted by Gasteiger charge is -2.10. The highest BCUT2D eigenvalue weighted by Crippen LogP contribution is 2.25. The van der Waals surface area contributed by atoms with Gasteiger partial charge in [0.05, 0.1) is 12.3 Å². The molecule has 0 radical (unpaired) electrons. The molecule has 2 N–H and O–H groups in total. The summed E-state index contributed by atoms with van der Waals surface area (Å²) in [5.74, 6) is 0.864. The Morgan fingerprint density at radius 1 is 1.19 bits per heavy atom. The van der Waals surface area contributed by atoms with E-state index in [2.05, 4.69) is 0 Å². The van der Waals surface area contributed by atoms with Crippen LogP contribution in [0.3, 0.4) is 0 Å². The molecule has 0 amide bonds. The van der Waals surface area contributed by atoms with E-state index >= 15 is 0 Å². The van der Waals surface area contributed by atoms with Crippen molar-refractivity contribution < 1.29 is 4.42 Å². The molecule has 0 saturated carbocycles. The lowest BCUT2D eigenvalue weighted by molar-refractivity contribution is 0.530. The number of aryl methyl sites for hydroxylation is 2. The van der Waals surface area contributed by atoms with E-state index in [1.807, 2.05) is 38.1 Å². The van der Waals surface area contributed by atoms with Gasteiger partial charge in [0.15, 0.2) is 0 Å². The minimum Gasteiger partial charge on any atom is -0.469 e. The van der Waals surface area contributed by atoms with Crippen LogP contribution in [0.1, 0.15) is 28.5 Å². The molecule has 1 atom stereocenters. The third-order valence-electron chi connectivity index (χ3n) is 2.66. The Hall–Kier alpha value is -1.25. The Kier molecular flexibility index (Phi) is 3.03. The van der Waals surface area contributed by atoms with Gasteiger partial charge in [-0.2, -0.15) is 0 Å². The van der Waals surface area contributed by atoms with E-state index in [4.69, 9.17) is 21.8 Å². The van der Waals surface area contributed by atoms with E-state index in [0.29, 0.717) is 0 Å². The lowest BCUT2D eigenvalue weighted by atomic mass is 10.0. The zero-order chi connectivity index (χ0) is 11.7. The van der Waals surface area contributed by atoms with Gasteiger partial charge in [0.25, 0.3) is 0 Å². The first kappa shape index (κ1) is 11.2. The maximum Gasteiger partial charge on any atom is 0.101 e. The molecule has 16 heavy (non-hydrogen) atoms. The monoisotopic (exact) mass is 235 g/mol. The Morgan fingerprint density at radius 2 is 1.94 bits per heavy atom. The van der Waals surface area contributed by atoms with Gasteiger partial charge in [-0.05, 0) is 37.1 Å². The lowest BCUT2D eigenvalue weighted by Crippen LogP contribution is -2.10. The summed E-state index contributed by atoms with van der Waals surface area (Å²) in [5.41, 5.74) is 9.15. The fourth-order valence-corrected chi connectivity index (χ4v) is 1.81. The Morgan fingerprint density at radius 3 is 2.50 bits per heavy atom. The molecule has 0 fully saturated rings. The number of hydrogen-bond donors (Lipinski definition) is 1. The number of halogens is 1. The van der Waals surface area contributed by atoms with Crippen LogP contribution in [-0.2, 0) is 0 Å². The van der Waals surface area contributed by atoms with E-state index in [-0.39, 0.29) is 6.04 Å². The quantitative estimate of drug-likeness (QED) is 0.864. The summed E-state index contributed by atoms with van der Waals surface area (Å²) >= 11 is 6.07. The molecule has 1 aromatic carbocycles. The molecule has 0 aliphatic rings.